The summed E-state index contributed by atoms with van der Waals surface area (Å²) in [5.74, 6) is 0. The maximum absolute atomic E-state index is 10.9. The molecule has 0 fully saturated rings. The van der Waals surface area contributed by atoms with Crippen molar-refractivity contribution in [2.45, 2.75) is 19.3 Å². The van der Waals surface area contributed by atoms with E-state index < -0.39 is 11.4 Å². The first-order valence-corrected chi connectivity index (χ1v) is 5.18. The highest BCUT2D eigenvalue weighted by Crippen LogP contribution is 2.29. The largest absolute Gasteiger partial charge is 0.395 e. The normalized spacial score (nSPS) is 11.5. The smallest absolute Gasteiger partial charge is 0.320 e. The third kappa shape index (κ3) is 2.42. The summed E-state index contributed by atoms with van der Waals surface area (Å²) in [6.45, 7) is 3.67. The van der Waals surface area contributed by atoms with Crippen LogP contribution in [0.3, 0.4) is 0 Å². The summed E-state index contributed by atoms with van der Waals surface area (Å²) in [6, 6.07) is -0.584. The summed E-state index contributed by atoms with van der Waals surface area (Å²) >= 11 is 1.24. The Morgan fingerprint density at radius 2 is 2.20 bits per heavy atom. The van der Waals surface area contributed by atoms with E-state index in [0.29, 0.717) is 10.1 Å². The number of nitrogens with zero attached hydrogens (tertiary/aromatic N) is 3. The molecule has 0 bridgehead atoms. The van der Waals surface area contributed by atoms with Crippen molar-refractivity contribution in [2.75, 3.05) is 18.6 Å². The number of carbonyl (C=O) groups is 1. The zero-order chi connectivity index (χ0) is 11.6. The van der Waals surface area contributed by atoms with E-state index in [9.17, 15) is 4.79 Å². The Kier molecular flexibility index (Phi) is 3.25. The van der Waals surface area contributed by atoms with Crippen LogP contribution in [-0.4, -0.2) is 35.0 Å². The molecule has 3 N–H and O–H groups in total. The number of anilines is 1. The molecule has 0 atom stereocenters. The highest BCUT2D eigenvalue weighted by Gasteiger charge is 2.25. The van der Waals surface area contributed by atoms with Crippen molar-refractivity contribution in [3.8, 4) is 0 Å². The molecule has 84 valence electrons. The highest BCUT2D eigenvalue weighted by molar-refractivity contribution is 7.15. The molecule has 1 rings (SSSR count). The molecule has 1 heterocycles. The van der Waals surface area contributed by atoms with Gasteiger partial charge in [0.1, 0.15) is 5.01 Å². The van der Waals surface area contributed by atoms with Gasteiger partial charge in [-0.1, -0.05) is 25.2 Å². The lowest BCUT2D eigenvalue weighted by atomic mass is 9.96. The van der Waals surface area contributed by atoms with Crippen molar-refractivity contribution in [2.24, 2.45) is 5.73 Å². The number of aliphatic hydroxyl groups is 1. The SMILES string of the molecule is CN(C(N)=O)c1nnc(C(C)(C)CO)s1. The van der Waals surface area contributed by atoms with Crippen molar-refractivity contribution in [3.63, 3.8) is 0 Å². The Balaban J connectivity index is 2.95. The Hall–Kier alpha value is -1.21. The van der Waals surface area contributed by atoms with Crippen LogP contribution in [0.15, 0.2) is 0 Å². The summed E-state index contributed by atoms with van der Waals surface area (Å²) in [5.41, 5.74) is 4.65. The van der Waals surface area contributed by atoms with Crippen LogP contribution in [0.5, 0.6) is 0 Å². The molecule has 0 aliphatic heterocycles. The fourth-order valence-electron chi connectivity index (χ4n) is 0.786. The molecule has 0 saturated heterocycles. The Bertz CT molecular complexity index is 363. The van der Waals surface area contributed by atoms with Gasteiger partial charge in [0.05, 0.1) is 6.61 Å². The highest BCUT2D eigenvalue weighted by atomic mass is 32.1. The number of amides is 2. The van der Waals surface area contributed by atoms with Gasteiger partial charge in [-0.15, -0.1) is 10.2 Å². The van der Waals surface area contributed by atoms with Gasteiger partial charge in [-0.3, -0.25) is 4.90 Å². The first kappa shape index (κ1) is 11.9. The second-order valence-electron chi connectivity index (χ2n) is 3.83. The van der Waals surface area contributed by atoms with Gasteiger partial charge >= 0.3 is 6.03 Å². The standard InChI is InChI=1S/C8H14N4O2S/c1-8(2,4-13)5-10-11-7(15-5)12(3)6(9)14/h13H,4H2,1-3H3,(H2,9,14). The van der Waals surface area contributed by atoms with Gasteiger partial charge in [0.15, 0.2) is 0 Å². The van der Waals surface area contributed by atoms with E-state index in [1.165, 1.54) is 23.3 Å². The summed E-state index contributed by atoms with van der Waals surface area (Å²) in [7, 11) is 1.53. The molecular formula is C8H14N4O2S. The van der Waals surface area contributed by atoms with Crippen molar-refractivity contribution in [1.82, 2.24) is 10.2 Å². The van der Waals surface area contributed by atoms with E-state index in [-0.39, 0.29) is 6.61 Å². The molecule has 0 saturated carbocycles. The second-order valence-corrected chi connectivity index (χ2v) is 4.79. The molecule has 1 aromatic heterocycles. The van der Waals surface area contributed by atoms with Gasteiger partial charge in [0.2, 0.25) is 5.13 Å². The van der Waals surface area contributed by atoms with Crippen LogP contribution in [0.25, 0.3) is 0 Å². The van der Waals surface area contributed by atoms with Gasteiger partial charge in [-0.25, -0.2) is 4.79 Å². The average molecular weight is 230 g/mol. The molecule has 15 heavy (non-hydrogen) atoms. The number of urea groups is 1. The van der Waals surface area contributed by atoms with Crippen molar-refractivity contribution < 1.29 is 9.90 Å². The number of rotatable bonds is 3. The minimum Gasteiger partial charge on any atom is -0.395 e. The fraction of sp³-hybridized carbons (Fsp3) is 0.625. The molecule has 7 heteroatoms. The van der Waals surface area contributed by atoms with E-state index in [0.717, 1.165) is 0 Å². The molecule has 6 nitrogen and oxygen atoms in total. The van der Waals surface area contributed by atoms with Gasteiger partial charge in [0.25, 0.3) is 0 Å². The monoisotopic (exact) mass is 230 g/mol. The Morgan fingerprint density at radius 1 is 1.60 bits per heavy atom. The van der Waals surface area contributed by atoms with Gasteiger partial charge in [-0.05, 0) is 0 Å². The van der Waals surface area contributed by atoms with Gasteiger partial charge in [0, 0.05) is 12.5 Å². The summed E-state index contributed by atoms with van der Waals surface area (Å²) < 4.78 is 0. The number of nitrogens with two attached hydrogens (primary N) is 1. The third-order valence-corrected chi connectivity index (χ3v) is 3.37. The Morgan fingerprint density at radius 3 is 2.67 bits per heavy atom. The van der Waals surface area contributed by atoms with E-state index in [2.05, 4.69) is 10.2 Å². The maximum Gasteiger partial charge on any atom is 0.320 e. The molecule has 0 aliphatic carbocycles. The minimum atomic E-state index is -0.584. The maximum atomic E-state index is 10.9. The molecule has 1 aromatic rings. The average Bonchev–Trinajstić information content (AvgIpc) is 2.65. The summed E-state index contributed by atoms with van der Waals surface area (Å²) in [5, 5.41) is 18.0. The van der Waals surface area contributed by atoms with E-state index in [4.69, 9.17) is 10.8 Å². The first-order chi connectivity index (χ1) is 6.88. The lowest BCUT2D eigenvalue weighted by molar-refractivity contribution is 0.217. The van der Waals surface area contributed by atoms with Crippen molar-refractivity contribution in [1.29, 1.82) is 0 Å². The number of aromatic nitrogens is 2. The topological polar surface area (TPSA) is 92.3 Å². The molecule has 0 radical (unpaired) electrons. The molecular weight excluding hydrogens is 216 g/mol. The predicted octanol–water partition coefficient (Wildman–Crippen LogP) is 0.323. The van der Waals surface area contributed by atoms with Gasteiger partial charge in [-0.2, -0.15) is 0 Å². The lowest BCUT2D eigenvalue weighted by Gasteiger charge is -2.16. The summed E-state index contributed by atoms with van der Waals surface area (Å²) in [4.78, 5) is 12.1. The third-order valence-electron chi connectivity index (χ3n) is 2.01. The van der Waals surface area contributed by atoms with Crippen LogP contribution in [0.1, 0.15) is 18.9 Å². The van der Waals surface area contributed by atoms with Crippen LogP contribution < -0.4 is 10.6 Å². The minimum absolute atomic E-state index is 0.0259. The number of carbonyl (C=O) groups excluding carboxylic acids is 1. The molecule has 0 spiro atoms. The van der Waals surface area contributed by atoms with Crippen LogP contribution >= 0.6 is 11.3 Å². The quantitative estimate of drug-likeness (QED) is 0.782. The molecule has 0 unspecified atom stereocenters. The van der Waals surface area contributed by atoms with E-state index >= 15 is 0 Å². The lowest BCUT2D eigenvalue weighted by Crippen LogP contribution is -2.31. The van der Waals surface area contributed by atoms with Crippen molar-refractivity contribution >= 4 is 22.5 Å². The molecule has 0 aromatic carbocycles. The van der Waals surface area contributed by atoms with E-state index in [1.807, 2.05) is 13.8 Å². The van der Waals surface area contributed by atoms with Crippen LogP contribution in [0.4, 0.5) is 9.93 Å². The summed E-state index contributed by atoms with van der Waals surface area (Å²) in [6.07, 6.45) is 0. The van der Waals surface area contributed by atoms with Crippen molar-refractivity contribution in [3.05, 3.63) is 5.01 Å². The number of primary amides is 1. The first-order valence-electron chi connectivity index (χ1n) is 4.36. The Labute approximate surface area is 91.7 Å². The fourth-order valence-corrected chi connectivity index (χ4v) is 1.69. The van der Waals surface area contributed by atoms with Gasteiger partial charge < -0.3 is 10.8 Å². The number of aliphatic hydroxyl groups excluding tert-OH is 1. The zero-order valence-electron chi connectivity index (χ0n) is 8.89. The van der Waals surface area contributed by atoms with E-state index in [1.54, 1.807) is 0 Å². The number of hydrogen-bond donors (Lipinski definition) is 2. The van der Waals surface area contributed by atoms with Crippen LogP contribution in [0, 0.1) is 0 Å². The predicted molar refractivity (Wildman–Crippen MR) is 58.0 cm³/mol. The molecule has 0 aliphatic rings. The second kappa shape index (κ2) is 4.11. The van der Waals surface area contributed by atoms with Crippen LogP contribution in [0.2, 0.25) is 0 Å². The zero-order valence-corrected chi connectivity index (χ0v) is 9.71. The van der Waals surface area contributed by atoms with Crippen LogP contribution in [-0.2, 0) is 5.41 Å². The molecule has 2 amide bonds. The number of hydrogen-bond acceptors (Lipinski definition) is 5.